The van der Waals surface area contributed by atoms with Gasteiger partial charge in [0, 0.05) is 16.1 Å². The summed E-state index contributed by atoms with van der Waals surface area (Å²) in [6.07, 6.45) is 0. The molecule has 0 spiro atoms. The van der Waals surface area contributed by atoms with Crippen LogP contribution in [0.15, 0.2) is 58.1 Å². The Morgan fingerprint density at radius 2 is 1.91 bits per heavy atom. The Morgan fingerprint density at radius 3 is 2.57 bits per heavy atom. The van der Waals surface area contributed by atoms with Crippen LogP contribution in [0.25, 0.3) is 0 Å². The number of hydrogen-bond acceptors (Lipinski definition) is 4. The summed E-state index contributed by atoms with van der Waals surface area (Å²) in [6, 6.07) is 15.1. The number of rotatable bonds is 6. The van der Waals surface area contributed by atoms with Gasteiger partial charge in [-0.15, -0.1) is 0 Å². The van der Waals surface area contributed by atoms with Gasteiger partial charge >= 0.3 is 0 Å². The summed E-state index contributed by atoms with van der Waals surface area (Å²) in [5, 5.41) is 4.31. The highest BCUT2D eigenvalue weighted by Crippen LogP contribution is 2.19. The molecule has 0 atom stereocenters. The number of nitrogens with zero attached hydrogens (tertiary/aromatic N) is 1. The van der Waals surface area contributed by atoms with Crippen molar-refractivity contribution in [1.82, 2.24) is 5.43 Å². The average molecular weight is 394 g/mol. The van der Waals surface area contributed by atoms with E-state index in [1.54, 1.807) is 13.2 Å². The lowest BCUT2D eigenvalue weighted by Crippen LogP contribution is -2.27. The predicted octanol–water partition coefficient (Wildman–Crippen LogP) is 3.07. The molecule has 0 amide bonds. The van der Waals surface area contributed by atoms with E-state index in [9.17, 15) is 0 Å². The summed E-state index contributed by atoms with van der Waals surface area (Å²) in [7, 11) is 1.61. The molecule has 7 heteroatoms. The molecule has 0 saturated heterocycles. The molecule has 0 aliphatic heterocycles. The first-order chi connectivity index (χ1) is 11.1. The third-order valence-electron chi connectivity index (χ3n) is 2.90. The average Bonchev–Trinajstić information content (AvgIpc) is 2.56. The zero-order valence-corrected chi connectivity index (χ0v) is 14.9. The van der Waals surface area contributed by atoms with Gasteiger partial charge in [-0.1, -0.05) is 34.1 Å². The molecular weight excluding hydrogens is 378 g/mol. The Kier molecular flexibility index (Phi) is 6.37. The van der Waals surface area contributed by atoms with Gasteiger partial charge in [0.1, 0.15) is 23.8 Å². The Morgan fingerprint density at radius 1 is 1.22 bits per heavy atom. The first-order valence-electron chi connectivity index (χ1n) is 6.73. The Labute approximate surface area is 148 Å². The summed E-state index contributed by atoms with van der Waals surface area (Å²) < 4.78 is 11.9. The molecule has 0 saturated carbocycles. The molecule has 3 N–H and O–H groups in total. The number of methoxy groups -OCH3 is 1. The van der Waals surface area contributed by atoms with Gasteiger partial charge in [0.25, 0.3) is 0 Å². The van der Waals surface area contributed by atoms with Crippen molar-refractivity contribution < 1.29 is 9.47 Å². The van der Waals surface area contributed by atoms with E-state index < -0.39 is 0 Å². The fourth-order valence-corrected chi connectivity index (χ4v) is 2.10. The topological polar surface area (TPSA) is 68.9 Å². The molecule has 0 unspecified atom stereocenters. The third kappa shape index (κ3) is 5.54. The van der Waals surface area contributed by atoms with Gasteiger partial charge in [-0.05, 0) is 36.5 Å². The lowest BCUT2D eigenvalue weighted by molar-refractivity contribution is 0.368. The van der Waals surface area contributed by atoms with E-state index in [0.717, 1.165) is 15.8 Å². The molecule has 120 valence electrons. The van der Waals surface area contributed by atoms with Crippen LogP contribution in [-0.4, -0.2) is 24.5 Å². The summed E-state index contributed by atoms with van der Waals surface area (Å²) in [5.41, 5.74) is 9.61. The van der Waals surface area contributed by atoms with E-state index in [-0.39, 0.29) is 11.7 Å². The second kappa shape index (κ2) is 8.50. The van der Waals surface area contributed by atoms with E-state index >= 15 is 0 Å². The Balaban J connectivity index is 2.15. The van der Waals surface area contributed by atoms with Gasteiger partial charge in [0.05, 0.1) is 7.11 Å². The first kappa shape index (κ1) is 17.2. The summed E-state index contributed by atoms with van der Waals surface area (Å²) in [5.74, 6) is 1.41. The van der Waals surface area contributed by atoms with Crippen molar-refractivity contribution >= 4 is 39.0 Å². The van der Waals surface area contributed by atoms with Gasteiger partial charge in [0.15, 0.2) is 5.11 Å². The van der Waals surface area contributed by atoms with Crippen LogP contribution in [0.3, 0.4) is 0 Å². The lowest BCUT2D eigenvalue weighted by Gasteiger charge is -2.11. The molecule has 0 fully saturated rings. The monoisotopic (exact) mass is 393 g/mol. The van der Waals surface area contributed by atoms with Crippen LogP contribution in [0.5, 0.6) is 11.5 Å². The number of thiocarbonyl (C=S) groups is 1. The molecule has 0 radical (unpaired) electrons. The van der Waals surface area contributed by atoms with E-state index in [4.69, 9.17) is 27.4 Å². The summed E-state index contributed by atoms with van der Waals surface area (Å²) in [6.45, 7) is 0.254. The maximum absolute atomic E-state index is 5.78. The van der Waals surface area contributed by atoms with Crippen LogP contribution in [-0.2, 0) is 0 Å². The van der Waals surface area contributed by atoms with Crippen molar-refractivity contribution in [2.24, 2.45) is 10.8 Å². The van der Waals surface area contributed by atoms with Crippen molar-refractivity contribution in [3.8, 4) is 11.5 Å². The minimum atomic E-state index is 0.0981. The van der Waals surface area contributed by atoms with Crippen molar-refractivity contribution in [2.75, 3.05) is 13.7 Å². The van der Waals surface area contributed by atoms with Gasteiger partial charge < -0.3 is 15.2 Å². The summed E-state index contributed by atoms with van der Waals surface area (Å²) >= 11 is 8.20. The molecule has 0 aliphatic carbocycles. The van der Waals surface area contributed by atoms with Crippen LogP contribution in [0, 0.1) is 0 Å². The van der Waals surface area contributed by atoms with Crippen molar-refractivity contribution in [1.29, 1.82) is 0 Å². The largest absolute Gasteiger partial charge is 0.497 e. The minimum Gasteiger partial charge on any atom is -0.497 e. The van der Waals surface area contributed by atoms with Crippen LogP contribution >= 0.6 is 28.1 Å². The van der Waals surface area contributed by atoms with Crippen molar-refractivity contribution in [2.45, 2.75) is 0 Å². The van der Waals surface area contributed by atoms with Gasteiger partial charge in [-0.2, -0.15) is 5.10 Å². The number of nitrogens with two attached hydrogens (primary N) is 1. The maximum atomic E-state index is 5.78. The number of halogens is 1. The molecule has 0 aliphatic rings. The van der Waals surface area contributed by atoms with Gasteiger partial charge in [-0.25, -0.2) is 0 Å². The molecule has 0 aromatic heterocycles. The fraction of sp³-hybridized carbons (Fsp3) is 0.125. The normalized spacial score (nSPS) is 11.0. The van der Waals surface area contributed by atoms with Crippen molar-refractivity contribution in [3.63, 3.8) is 0 Å². The molecule has 0 heterocycles. The van der Waals surface area contributed by atoms with Crippen LogP contribution in [0.4, 0.5) is 0 Å². The number of ether oxygens (including phenoxy) is 2. The third-order valence-corrected chi connectivity index (χ3v) is 3.52. The molecule has 23 heavy (non-hydrogen) atoms. The highest BCUT2D eigenvalue weighted by atomic mass is 79.9. The second-order valence-electron chi connectivity index (χ2n) is 4.51. The zero-order valence-electron chi connectivity index (χ0n) is 12.5. The van der Waals surface area contributed by atoms with Crippen LogP contribution in [0.2, 0.25) is 0 Å². The predicted molar refractivity (Wildman–Crippen MR) is 99.1 cm³/mol. The van der Waals surface area contributed by atoms with E-state index in [1.807, 2.05) is 42.5 Å². The van der Waals surface area contributed by atoms with Crippen LogP contribution in [0.1, 0.15) is 5.56 Å². The molecule has 2 aromatic carbocycles. The van der Waals surface area contributed by atoms with E-state index in [0.29, 0.717) is 11.5 Å². The van der Waals surface area contributed by atoms with E-state index in [1.165, 1.54) is 0 Å². The van der Waals surface area contributed by atoms with Crippen LogP contribution < -0.4 is 20.6 Å². The fourth-order valence-electron chi connectivity index (χ4n) is 1.79. The smallest absolute Gasteiger partial charge is 0.184 e. The standard InChI is InChI=1S/C16H16BrN3O2S/c1-21-13-3-2-4-14(9-13)22-10-15(19-20-16(18)23)11-5-7-12(17)8-6-11/h2-9H,10H2,1H3,(H3,18,20,23)/b19-15+. The number of hydrazone groups is 1. The van der Waals surface area contributed by atoms with Crippen molar-refractivity contribution in [3.05, 3.63) is 58.6 Å². The zero-order chi connectivity index (χ0) is 16.7. The highest BCUT2D eigenvalue weighted by Gasteiger charge is 2.06. The second-order valence-corrected chi connectivity index (χ2v) is 5.86. The lowest BCUT2D eigenvalue weighted by atomic mass is 10.1. The summed E-state index contributed by atoms with van der Waals surface area (Å²) in [4.78, 5) is 0. The number of nitrogens with one attached hydrogen (secondary N) is 1. The Bertz CT molecular complexity index is 705. The Hall–Kier alpha value is -2.12. The quantitative estimate of drug-likeness (QED) is 0.448. The van der Waals surface area contributed by atoms with Gasteiger partial charge in [0.2, 0.25) is 0 Å². The molecule has 5 nitrogen and oxygen atoms in total. The highest BCUT2D eigenvalue weighted by molar-refractivity contribution is 9.10. The number of benzene rings is 2. The first-order valence-corrected chi connectivity index (χ1v) is 7.93. The van der Waals surface area contributed by atoms with E-state index in [2.05, 4.69) is 26.5 Å². The SMILES string of the molecule is COc1cccc(OC/C(=N\NC(N)=S)c2ccc(Br)cc2)c1. The maximum Gasteiger partial charge on any atom is 0.184 e. The minimum absolute atomic E-state index is 0.0981. The van der Waals surface area contributed by atoms with Gasteiger partial charge in [-0.3, -0.25) is 5.43 Å². The molecule has 2 aromatic rings. The molecule has 0 bridgehead atoms. The molecule has 2 rings (SSSR count). The molecular formula is C16H16BrN3O2S. The number of hydrogen-bond donors (Lipinski definition) is 2.